The summed E-state index contributed by atoms with van der Waals surface area (Å²) in [5.41, 5.74) is 2.69. The van der Waals surface area contributed by atoms with E-state index in [1.807, 2.05) is 12.1 Å². The van der Waals surface area contributed by atoms with Crippen molar-refractivity contribution in [1.29, 1.82) is 0 Å². The molecule has 1 heterocycles. The predicted molar refractivity (Wildman–Crippen MR) is 64.1 cm³/mol. The van der Waals surface area contributed by atoms with Crippen LogP contribution in [0.25, 0.3) is 0 Å². The third-order valence-corrected chi connectivity index (χ3v) is 2.92. The van der Waals surface area contributed by atoms with Gasteiger partial charge in [-0.15, -0.1) is 6.58 Å². The topological polar surface area (TPSA) is 40.5 Å². The van der Waals surface area contributed by atoms with Gasteiger partial charge >= 0.3 is 5.97 Å². The Kier molecular flexibility index (Phi) is 2.95. The minimum atomic E-state index is -0.854. The van der Waals surface area contributed by atoms with Crippen molar-refractivity contribution in [1.82, 2.24) is 0 Å². The highest BCUT2D eigenvalue weighted by Crippen LogP contribution is 2.28. The predicted octanol–water partition coefficient (Wildman–Crippen LogP) is 2.32. The maximum absolute atomic E-state index is 10.8. The number of nitrogens with zero attached hydrogens (tertiary/aromatic N) is 1. The van der Waals surface area contributed by atoms with E-state index in [1.165, 1.54) is 5.69 Å². The Balaban J connectivity index is 2.21. The van der Waals surface area contributed by atoms with Crippen molar-refractivity contribution < 1.29 is 9.90 Å². The number of carboxylic acids is 1. The number of rotatable bonds is 4. The monoisotopic (exact) mass is 217 g/mol. The smallest absolute Gasteiger partial charge is 0.335 e. The molecule has 0 fully saturated rings. The molecule has 0 aromatic heterocycles. The van der Waals surface area contributed by atoms with E-state index in [1.54, 1.807) is 12.1 Å². The van der Waals surface area contributed by atoms with Crippen molar-refractivity contribution in [3.8, 4) is 0 Å². The average molecular weight is 217 g/mol. The molecular formula is C13H15NO2. The van der Waals surface area contributed by atoms with Gasteiger partial charge in [-0.3, -0.25) is 0 Å². The van der Waals surface area contributed by atoms with Crippen LogP contribution >= 0.6 is 0 Å². The normalized spacial score (nSPS) is 13.6. The Bertz CT molecular complexity index is 426. The molecule has 3 nitrogen and oxygen atoms in total. The summed E-state index contributed by atoms with van der Waals surface area (Å²) in [6, 6.07) is 5.37. The molecule has 2 rings (SSSR count). The molecule has 0 amide bonds. The number of hydrogen-bond acceptors (Lipinski definition) is 2. The van der Waals surface area contributed by atoms with Gasteiger partial charge in [0.2, 0.25) is 0 Å². The van der Waals surface area contributed by atoms with Gasteiger partial charge in [-0.25, -0.2) is 4.79 Å². The second-order valence-corrected chi connectivity index (χ2v) is 3.96. The van der Waals surface area contributed by atoms with Gasteiger partial charge in [-0.05, 0) is 36.6 Å². The molecule has 0 saturated heterocycles. The summed E-state index contributed by atoms with van der Waals surface area (Å²) in [6.07, 6.45) is 3.80. The van der Waals surface area contributed by atoms with E-state index >= 15 is 0 Å². The van der Waals surface area contributed by atoms with E-state index in [-0.39, 0.29) is 0 Å². The van der Waals surface area contributed by atoms with Crippen LogP contribution < -0.4 is 4.90 Å². The van der Waals surface area contributed by atoms with Gasteiger partial charge in [0.05, 0.1) is 5.56 Å². The van der Waals surface area contributed by atoms with Gasteiger partial charge in [0.25, 0.3) is 0 Å². The molecule has 1 aromatic rings. The van der Waals surface area contributed by atoms with Crippen LogP contribution in [0.5, 0.6) is 0 Å². The van der Waals surface area contributed by atoms with E-state index in [0.29, 0.717) is 5.56 Å². The number of fused-ring (bicyclic) bond motifs is 1. The maximum Gasteiger partial charge on any atom is 0.335 e. The number of carboxylic acid groups (broad SMARTS) is 1. The van der Waals surface area contributed by atoms with Crippen LogP contribution in [0.15, 0.2) is 30.9 Å². The zero-order chi connectivity index (χ0) is 11.5. The molecule has 0 radical (unpaired) electrons. The molecule has 0 saturated carbocycles. The second kappa shape index (κ2) is 4.39. The first-order valence-electron chi connectivity index (χ1n) is 5.44. The number of aromatic carboxylic acids is 1. The van der Waals surface area contributed by atoms with Crippen molar-refractivity contribution in [3.05, 3.63) is 42.0 Å². The minimum absolute atomic E-state index is 0.379. The number of hydrogen-bond donors (Lipinski definition) is 1. The van der Waals surface area contributed by atoms with Gasteiger partial charge in [0.1, 0.15) is 0 Å². The van der Waals surface area contributed by atoms with Gasteiger partial charge in [0, 0.05) is 18.8 Å². The highest BCUT2D eigenvalue weighted by Gasteiger charge is 2.19. The SMILES string of the molecule is C=CCCN1CCc2cc(C(=O)O)ccc21. The van der Waals surface area contributed by atoms with Crippen molar-refractivity contribution >= 4 is 11.7 Å². The molecular weight excluding hydrogens is 202 g/mol. The molecule has 0 bridgehead atoms. The third kappa shape index (κ3) is 1.94. The van der Waals surface area contributed by atoms with Gasteiger partial charge in [-0.1, -0.05) is 6.08 Å². The summed E-state index contributed by atoms with van der Waals surface area (Å²) in [4.78, 5) is 13.1. The maximum atomic E-state index is 10.8. The van der Waals surface area contributed by atoms with Crippen LogP contribution in [-0.4, -0.2) is 24.2 Å². The molecule has 3 heteroatoms. The highest BCUT2D eigenvalue weighted by atomic mass is 16.4. The number of anilines is 1. The Labute approximate surface area is 95.0 Å². The molecule has 0 aliphatic carbocycles. The van der Waals surface area contributed by atoms with Crippen molar-refractivity contribution in [3.63, 3.8) is 0 Å². The van der Waals surface area contributed by atoms with E-state index < -0.39 is 5.97 Å². The van der Waals surface area contributed by atoms with Crippen LogP contribution in [-0.2, 0) is 6.42 Å². The van der Waals surface area contributed by atoms with Gasteiger partial charge < -0.3 is 10.0 Å². The first-order valence-corrected chi connectivity index (χ1v) is 5.44. The zero-order valence-electron chi connectivity index (χ0n) is 9.15. The van der Waals surface area contributed by atoms with Crippen LogP contribution in [0.4, 0.5) is 5.69 Å². The van der Waals surface area contributed by atoms with Crippen LogP contribution in [0.1, 0.15) is 22.3 Å². The second-order valence-electron chi connectivity index (χ2n) is 3.96. The summed E-state index contributed by atoms with van der Waals surface area (Å²) in [6.45, 7) is 5.65. The van der Waals surface area contributed by atoms with Crippen molar-refractivity contribution in [2.24, 2.45) is 0 Å². The summed E-state index contributed by atoms with van der Waals surface area (Å²) in [5, 5.41) is 8.90. The summed E-state index contributed by atoms with van der Waals surface area (Å²) >= 11 is 0. The standard InChI is InChI=1S/C13H15NO2/c1-2-3-7-14-8-6-10-9-11(13(15)16)4-5-12(10)14/h2,4-5,9H,1,3,6-8H2,(H,15,16). The summed E-state index contributed by atoms with van der Waals surface area (Å²) in [5.74, 6) is -0.854. The molecule has 0 atom stereocenters. The molecule has 0 unspecified atom stereocenters. The largest absolute Gasteiger partial charge is 0.478 e. The molecule has 1 aliphatic rings. The first kappa shape index (κ1) is 10.7. The van der Waals surface area contributed by atoms with Crippen LogP contribution in [0.3, 0.4) is 0 Å². The minimum Gasteiger partial charge on any atom is -0.478 e. The van der Waals surface area contributed by atoms with E-state index in [9.17, 15) is 4.79 Å². The fourth-order valence-corrected chi connectivity index (χ4v) is 2.08. The molecule has 1 N–H and O–H groups in total. The van der Waals surface area contributed by atoms with E-state index in [0.717, 1.165) is 31.5 Å². The average Bonchev–Trinajstić information content (AvgIpc) is 2.68. The van der Waals surface area contributed by atoms with Crippen LogP contribution in [0.2, 0.25) is 0 Å². The summed E-state index contributed by atoms with van der Waals surface area (Å²) < 4.78 is 0. The molecule has 0 spiro atoms. The number of benzene rings is 1. The lowest BCUT2D eigenvalue weighted by atomic mass is 10.1. The van der Waals surface area contributed by atoms with Crippen molar-refractivity contribution in [2.75, 3.05) is 18.0 Å². The fourth-order valence-electron chi connectivity index (χ4n) is 2.08. The quantitative estimate of drug-likeness (QED) is 0.787. The van der Waals surface area contributed by atoms with Gasteiger partial charge in [-0.2, -0.15) is 0 Å². The molecule has 1 aromatic carbocycles. The van der Waals surface area contributed by atoms with Gasteiger partial charge in [0.15, 0.2) is 0 Å². The van der Waals surface area contributed by atoms with Crippen LogP contribution in [0, 0.1) is 0 Å². The third-order valence-electron chi connectivity index (χ3n) is 2.92. The number of carbonyl (C=O) groups is 1. The van der Waals surface area contributed by atoms with Crippen molar-refractivity contribution in [2.45, 2.75) is 12.8 Å². The first-order chi connectivity index (χ1) is 7.72. The Hall–Kier alpha value is -1.77. The lowest BCUT2D eigenvalue weighted by molar-refractivity contribution is 0.0697. The molecule has 16 heavy (non-hydrogen) atoms. The highest BCUT2D eigenvalue weighted by molar-refractivity contribution is 5.88. The Morgan fingerprint density at radius 2 is 2.38 bits per heavy atom. The Morgan fingerprint density at radius 3 is 3.06 bits per heavy atom. The van der Waals surface area contributed by atoms with E-state index in [2.05, 4.69) is 11.5 Å². The lowest BCUT2D eigenvalue weighted by Gasteiger charge is -2.18. The Morgan fingerprint density at radius 1 is 1.56 bits per heavy atom. The van der Waals surface area contributed by atoms with E-state index in [4.69, 9.17) is 5.11 Å². The fraction of sp³-hybridized carbons (Fsp3) is 0.308. The molecule has 1 aliphatic heterocycles. The zero-order valence-corrected chi connectivity index (χ0v) is 9.15. The lowest BCUT2D eigenvalue weighted by Crippen LogP contribution is -2.21. The molecule has 84 valence electrons. The summed E-state index contributed by atoms with van der Waals surface area (Å²) in [7, 11) is 0.